The topological polar surface area (TPSA) is 59.0 Å². The second-order valence-electron chi connectivity index (χ2n) is 6.14. The van der Waals surface area contributed by atoms with Crippen molar-refractivity contribution in [1.82, 2.24) is 4.90 Å². The number of benzene rings is 1. The third-order valence-electron chi connectivity index (χ3n) is 4.33. The molecule has 0 amide bonds. The average molecular weight is 329 g/mol. The van der Waals surface area contributed by atoms with Crippen LogP contribution in [0.15, 0.2) is 36.1 Å². The SMILES string of the molecule is Cc1cc(C(=O)O)ccc1C1=CCCC=C(CN2CCOCC2)O1. The van der Waals surface area contributed by atoms with Crippen LogP contribution in [0.4, 0.5) is 0 Å². The number of ether oxygens (including phenoxy) is 2. The van der Waals surface area contributed by atoms with E-state index in [1.807, 2.05) is 13.0 Å². The maximum atomic E-state index is 11.1. The van der Waals surface area contributed by atoms with Crippen molar-refractivity contribution in [3.8, 4) is 0 Å². The van der Waals surface area contributed by atoms with Crippen LogP contribution in [-0.4, -0.2) is 48.8 Å². The van der Waals surface area contributed by atoms with Crippen LogP contribution in [0.3, 0.4) is 0 Å². The molecular weight excluding hydrogens is 306 g/mol. The molecule has 0 aliphatic carbocycles. The zero-order valence-electron chi connectivity index (χ0n) is 14.0. The summed E-state index contributed by atoms with van der Waals surface area (Å²) in [7, 11) is 0. The molecule has 2 heterocycles. The Hall–Kier alpha value is -2.11. The summed E-state index contributed by atoms with van der Waals surface area (Å²) >= 11 is 0. The average Bonchev–Trinajstić information content (AvgIpc) is 2.81. The predicted molar refractivity (Wildman–Crippen MR) is 91.8 cm³/mol. The first-order valence-corrected chi connectivity index (χ1v) is 8.35. The number of carboxylic acids is 1. The molecule has 0 unspecified atom stereocenters. The minimum atomic E-state index is -0.909. The summed E-state index contributed by atoms with van der Waals surface area (Å²) in [6, 6.07) is 5.16. The van der Waals surface area contributed by atoms with Crippen LogP contribution in [0.25, 0.3) is 5.76 Å². The molecule has 0 saturated carbocycles. The molecule has 128 valence electrons. The summed E-state index contributed by atoms with van der Waals surface area (Å²) in [5.41, 5.74) is 2.16. The van der Waals surface area contributed by atoms with Crippen LogP contribution in [0.5, 0.6) is 0 Å². The van der Waals surface area contributed by atoms with Gasteiger partial charge in [0.15, 0.2) is 0 Å². The Morgan fingerprint density at radius 2 is 1.96 bits per heavy atom. The van der Waals surface area contributed by atoms with E-state index in [1.165, 1.54) is 0 Å². The number of nitrogens with zero attached hydrogens (tertiary/aromatic N) is 1. The van der Waals surface area contributed by atoms with Gasteiger partial charge >= 0.3 is 5.97 Å². The first-order valence-electron chi connectivity index (χ1n) is 8.35. The number of allylic oxidation sites excluding steroid dienone is 2. The zero-order valence-corrected chi connectivity index (χ0v) is 14.0. The van der Waals surface area contributed by atoms with E-state index < -0.39 is 5.97 Å². The number of hydrogen-bond acceptors (Lipinski definition) is 4. The molecule has 1 saturated heterocycles. The Balaban J connectivity index is 1.75. The molecule has 5 heteroatoms. The van der Waals surface area contributed by atoms with Crippen LogP contribution < -0.4 is 0 Å². The van der Waals surface area contributed by atoms with E-state index >= 15 is 0 Å². The van der Waals surface area contributed by atoms with Crippen LogP contribution in [0.1, 0.15) is 34.3 Å². The molecule has 0 aromatic heterocycles. The molecule has 5 nitrogen and oxygen atoms in total. The quantitative estimate of drug-likeness (QED) is 0.920. The lowest BCUT2D eigenvalue weighted by Gasteiger charge is -2.27. The molecule has 2 aliphatic heterocycles. The number of aromatic carboxylic acids is 1. The highest BCUT2D eigenvalue weighted by Gasteiger charge is 2.17. The van der Waals surface area contributed by atoms with Crippen LogP contribution >= 0.6 is 0 Å². The molecule has 24 heavy (non-hydrogen) atoms. The van der Waals surface area contributed by atoms with E-state index in [4.69, 9.17) is 14.6 Å². The fourth-order valence-corrected chi connectivity index (χ4v) is 3.00. The molecular formula is C19H23NO4. The Morgan fingerprint density at radius 3 is 2.67 bits per heavy atom. The van der Waals surface area contributed by atoms with Crippen LogP contribution in [0.2, 0.25) is 0 Å². The monoisotopic (exact) mass is 329 g/mol. The third kappa shape index (κ3) is 4.04. The number of aryl methyl sites for hydroxylation is 1. The lowest BCUT2D eigenvalue weighted by molar-refractivity contribution is 0.0378. The van der Waals surface area contributed by atoms with Crippen molar-refractivity contribution >= 4 is 11.7 Å². The lowest BCUT2D eigenvalue weighted by atomic mass is 10.0. The normalized spacial score (nSPS) is 19.0. The van der Waals surface area contributed by atoms with Gasteiger partial charge in [-0.2, -0.15) is 0 Å². The van der Waals surface area contributed by atoms with Crippen molar-refractivity contribution in [2.75, 3.05) is 32.8 Å². The van der Waals surface area contributed by atoms with Gasteiger partial charge in [-0.15, -0.1) is 0 Å². The second kappa shape index (κ2) is 7.64. The number of hydrogen-bond donors (Lipinski definition) is 1. The van der Waals surface area contributed by atoms with Crippen molar-refractivity contribution in [2.24, 2.45) is 0 Å². The van der Waals surface area contributed by atoms with Gasteiger partial charge in [-0.1, -0.05) is 6.07 Å². The Kier molecular flexibility index (Phi) is 5.33. The van der Waals surface area contributed by atoms with Crippen molar-refractivity contribution in [3.63, 3.8) is 0 Å². The molecule has 0 atom stereocenters. The third-order valence-corrected chi connectivity index (χ3v) is 4.33. The van der Waals surface area contributed by atoms with E-state index in [2.05, 4.69) is 17.1 Å². The van der Waals surface area contributed by atoms with Crippen LogP contribution in [0, 0.1) is 6.92 Å². The largest absolute Gasteiger partial charge is 0.478 e. The lowest BCUT2D eigenvalue weighted by Crippen LogP contribution is -2.37. The summed E-state index contributed by atoms with van der Waals surface area (Å²) < 4.78 is 11.6. The smallest absolute Gasteiger partial charge is 0.335 e. The van der Waals surface area contributed by atoms with Crippen molar-refractivity contribution in [1.29, 1.82) is 0 Å². The molecule has 3 rings (SSSR count). The maximum absolute atomic E-state index is 11.1. The number of carbonyl (C=O) groups is 1. The Bertz CT molecular complexity index is 672. The van der Waals surface area contributed by atoms with Gasteiger partial charge in [0, 0.05) is 18.7 Å². The molecule has 1 aromatic carbocycles. The Labute approximate surface area is 142 Å². The number of morpholine rings is 1. The summed E-state index contributed by atoms with van der Waals surface area (Å²) in [4.78, 5) is 13.4. The molecule has 0 spiro atoms. The van der Waals surface area contributed by atoms with Gasteiger partial charge in [0.05, 0.1) is 25.3 Å². The van der Waals surface area contributed by atoms with E-state index in [1.54, 1.807) is 12.1 Å². The highest BCUT2D eigenvalue weighted by Crippen LogP contribution is 2.27. The van der Waals surface area contributed by atoms with Gasteiger partial charge in [-0.25, -0.2) is 4.79 Å². The number of rotatable bonds is 4. The molecule has 1 aromatic rings. The minimum absolute atomic E-state index is 0.301. The standard InChI is InChI=1S/C19H23NO4/c1-14-12-15(19(21)22)6-7-17(14)18-5-3-2-4-16(24-18)13-20-8-10-23-11-9-20/h4-7,12H,2-3,8-11,13H2,1H3,(H,21,22). The molecule has 1 fully saturated rings. The van der Waals surface area contributed by atoms with Crippen molar-refractivity contribution in [3.05, 3.63) is 52.8 Å². The van der Waals surface area contributed by atoms with E-state index in [9.17, 15) is 4.79 Å². The van der Waals surface area contributed by atoms with Crippen molar-refractivity contribution < 1.29 is 19.4 Å². The fraction of sp³-hybridized carbons (Fsp3) is 0.421. The first-order chi connectivity index (χ1) is 11.6. The predicted octanol–water partition coefficient (Wildman–Crippen LogP) is 3.06. The highest BCUT2D eigenvalue weighted by molar-refractivity contribution is 5.88. The molecule has 1 N–H and O–H groups in total. The van der Waals surface area contributed by atoms with E-state index in [-0.39, 0.29) is 0 Å². The number of carboxylic acid groups (broad SMARTS) is 1. The zero-order chi connectivity index (χ0) is 16.9. The van der Waals surface area contributed by atoms with Gasteiger partial charge in [-0.3, -0.25) is 4.90 Å². The maximum Gasteiger partial charge on any atom is 0.335 e. The van der Waals surface area contributed by atoms with E-state index in [0.717, 1.165) is 68.3 Å². The Morgan fingerprint density at radius 1 is 1.21 bits per heavy atom. The fourth-order valence-electron chi connectivity index (χ4n) is 3.00. The summed E-state index contributed by atoms with van der Waals surface area (Å²) in [5, 5.41) is 9.11. The van der Waals surface area contributed by atoms with Crippen molar-refractivity contribution in [2.45, 2.75) is 19.8 Å². The first kappa shape index (κ1) is 16.7. The molecule has 0 radical (unpaired) electrons. The van der Waals surface area contributed by atoms with Gasteiger partial charge < -0.3 is 14.6 Å². The van der Waals surface area contributed by atoms with Gasteiger partial charge in [0.25, 0.3) is 0 Å². The summed E-state index contributed by atoms with van der Waals surface area (Å²) in [5.74, 6) is 0.872. The molecule has 2 aliphatic rings. The van der Waals surface area contributed by atoms with Gasteiger partial charge in [0.1, 0.15) is 11.5 Å². The van der Waals surface area contributed by atoms with E-state index in [0.29, 0.717) is 5.56 Å². The van der Waals surface area contributed by atoms with Crippen LogP contribution in [-0.2, 0) is 9.47 Å². The van der Waals surface area contributed by atoms with Gasteiger partial charge in [-0.05, 0) is 49.6 Å². The summed E-state index contributed by atoms with van der Waals surface area (Å²) in [6.45, 7) is 6.09. The van der Waals surface area contributed by atoms with Gasteiger partial charge in [0.2, 0.25) is 0 Å². The summed E-state index contributed by atoms with van der Waals surface area (Å²) in [6.07, 6.45) is 6.11. The molecule has 0 bridgehead atoms. The second-order valence-corrected chi connectivity index (χ2v) is 6.14. The highest BCUT2D eigenvalue weighted by atomic mass is 16.5. The minimum Gasteiger partial charge on any atom is -0.478 e.